The minimum absolute atomic E-state index is 0.231. The quantitative estimate of drug-likeness (QED) is 0.536. The fraction of sp³-hybridized carbons (Fsp3) is 0.650. The van der Waals surface area contributed by atoms with Gasteiger partial charge in [0, 0.05) is 36.6 Å². The molecule has 6 heteroatoms. The maximum absolute atomic E-state index is 5.77. The zero-order valence-corrected chi connectivity index (χ0v) is 17.4. The number of ether oxygens (including phenoxy) is 2. The van der Waals surface area contributed by atoms with E-state index in [1.54, 1.807) is 0 Å². The summed E-state index contributed by atoms with van der Waals surface area (Å²) in [7, 11) is 0. The second kappa shape index (κ2) is 10.7. The Hall–Kier alpha value is -1.40. The Kier molecular flexibility index (Phi) is 8.59. The molecular weight excluding hydrogens is 346 g/mol. The van der Waals surface area contributed by atoms with Gasteiger partial charge in [0.25, 0.3) is 0 Å². The van der Waals surface area contributed by atoms with Gasteiger partial charge in [-0.3, -0.25) is 0 Å². The second-order valence-electron chi connectivity index (χ2n) is 6.59. The highest BCUT2D eigenvalue weighted by Gasteiger charge is 2.31. The van der Waals surface area contributed by atoms with Crippen LogP contribution < -0.4 is 15.4 Å². The van der Waals surface area contributed by atoms with Crippen LogP contribution in [0.25, 0.3) is 0 Å². The van der Waals surface area contributed by atoms with E-state index in [0.717, 1.165) is 56.4 Å². The van der Waals surface area contributed by atoms with E-state index < -0.39 is 0 Å². The average Bonchev–Trinajstić information content (AvgIpc) is 2.66. The lowest BCUT2D eigenvalue weighted by molar-refractivity contribution is 0.0783. The molecule has 26 heavy (non-hydrogen) atoms. The van der Waals surface area contributed by atoms with Gasteiger partial charge in [0.2, 0.25) is 0 Å². The molecule has 1 heterocycles. The average molecular weight is 380 g/mol. The van der Waals surface area contributed by atoms with Crippen LogP contribution in [-0.4, -0.2) is 49.9 Å². The first-order valence-electron chi connectivity index (χ1n) is 9.50. The molecule has 1 aromatic carbocycles. The zero-order chi connectivity index (χ0) is 18.8. The van der Waals surface area contributed by atoms with Crippen LogP contribution in [0.4, 0.5) is 0 Å². The van der Waals surface area contributed by atoms with Gasteiger partial charge in [0.05, 0.1) is 13.2 Å². The number of hydrogen-bond acceptors (Lipinski definition) is 4. The van der Waals surface area contributed by atoms with E-state index in [0.29, 0.717) is 13.2 Å². The lowest BCUT2D eigenvalue weighted by Crippen LogP contribution is -2.47. The summed E-state index contributed by atoms with van der Waals surface area (Å²) in [5, 5.41) is 6.89. The molecule has 1 aromatic rings. The van der Waals surface area contributed by atoms with E-state index in [4.69, 9.17) is 14.5 Å². The molecule has 0 radical (unpaired) electrons. The maximum atomic E-state index is 5.77. The maximum Gasteiger partial charge on any atom is 0.191 e. The van der Waals surface area contributed by atoms with Crippen molar-refractivity contribution in [2.24, 2.45) is 4.99 Å². The first-order valence-corrected chi connectivity index (χ1v) is 10.7. The summed E-state index contributed by atoms with van der Waals surface area (Å²) in [6.07, 6.45) is 4.35. The van der Waals surface area contributed by atoms with Crippen LogP contribution in [0.1, 0.15) is 37.8 Å². The topological polar surface area (TPSA) is 54.9 Å². The van der Waals surface area contributed by atoms with Crippen LogP contribution in [0.15, 0.2) is 23.2 Å². The molecule has 1 aliphatic rings. The Bertz CT molecular complexity index is 586. The lowest BCUT2D eigenvalue weighted by Gasteiger charge is -2.36. The number of rotatable bonds is 8. The van der Waals surface area contributed by atoms with Crippen LogP contribution in [0.2, 0.25) is 0 Å². The summed E-state index contributed by atoms with van der Waals surface area (Å²) < 4.78 is 11.5. The fourth-order valence-electron chi connectivity index (χ4n) is 3.03. The summed E-state index contributed by atoms with van der Waals surface area (Å²) in [6, 6.07) is 6.30. The number of aliphatic imine (C=N–C) groups is 1. The third kappa shape index (κ3) is 6.09. The Labute approximate surface area is 162 Å². The number of benzene rings is 1. The highest BCUT2D eigenvalue weighted by molar-refractivity contribution is 8.00. The molecule has 0 unspecified atom stereocenters. The van der Waals surface area contributed by atoms with Crippen LogP contribution in [0.5, 0.6) is 5.75 Å². The smallest absolute Gasteiger partial charge is 0.191 e. The summed E-state index contributed by atoms with van der Waals surface area (Å²) in [6.45, 7) is 10.9. The van der Waals surface area contributed by atoms with Crippen molar-refractivity contribution in [2.75, 3.05) is 39.2 Å². The molecule has 0 aromatic heterocycles. The number of aryl methyl sites for hydroxylation is 1. The van der Waals surface area contributed by atoms with E-state index in [9.17, 15) is 0 Å². The molecule has 0 saturated carbocycles. The SMILES string of the molecule is CCNC(=NCc1ccc(C)cc1OCC)NCC1(SC)CCOCC1. The standard InChI is InChI=1S/C20H33N3O2S/c1-5-21-19(23-15-20(26-4)9-11-24-12-10-20)22-14-17-8-7-16(3)13-18(17)25-6-2/h7-8,13H,5-6,9-12,14-15H2,1-4H3,(H2,21,22,23). The van der Waals surface area contributed by atoms with E-state index in [2.05, 4.69) is 48.9 Å². The van der Waals surface area contributed by atoms with Gasteiger partial charge in [-0.2, -0.15) is 11.8 Å². The normalized spacial score (nSPS) is 17.0. The lowest BCUT2D eigenvalue weighted by atomic mass is 9.99. The van der Waals surface area contributed by atoms with Crippen LogP contribution in [-0.2, 0) is 11.3 Å². The van der Waals surface area contributed by atoms with Gasteiger partial charge in [-0.05, 0) is 51.5 Å². The van der Waals surface area contributed by atoms with E-state index in [-0.39, 0.29) is 4.75 Å². The molecule has 1 fully saturated rings. The number of nitrogens with zero attached hydrogens (tertiary/aromatic N) is 1. The van der Waals surface area contributed by atoms with Crippen molar-refractivity contribution < 1.29 is 9.47 Å². The molecule has 1 saturated heterocycles. The van der Waals surface area contributed by atoms with Gasteiger partial charge >= 0.3 is 0 Å². The van der Waals surface area contributed by atoms with Crippen molar-refractivity contribution in [3.63, 3.8) is 0 Å². The molecule has 0 spiro atoms. The van der Waals surface area contributed by atoms with Crippen molar-refractivity contribution in [3.05, 3.63) is 29.3 Å². The number of nitrogens with one attached hydrogen (secondary N) is 2. The van der Waals surface area contributed by atoms with Crippen molar-refractivity contribution in [2.45, 2.75) is 44.9 Å². The molecule has 2 N–H and O–H groups in total. The molecule has 1 aliphatic heterocycles. The molecule has 0 amide bonds. The predicted molar refractivity (Wildman–Crippen MR) is 111 cm³/mol. The number of guanidine groups is 1. The molecule has 2 rings (SSSR count). The van der Waals surface area contributed by atoms with Gasteiger partial charge < -0.3 is 20.1 Å². The first kappa shape index (κ1) is 20.9. The van der Waals surface area contributed by atoms with Crippen molar-refractivity contribution >= 4 is 17.7 Å². The fourth-order valence-corrected chi connectivity index (χ4v) is 3.82. The van der Waals surface area contributed by atoms with Gasteiger partial charge in [0.15, 0.2) is 5.96 Å². The Balaban J connectivity index is 2.04. The van der Waals surface area contributed by atoms with E-state index in [1.165, 1.54) is 5.56 Å². The van der Waals surface area contributed by atoms with Crippen LogP contribution >= 0.6 is 11.8 Å². The molecule has 5 nitrogen and oxygen atoms in total. The molecule has 146 valence electrons. The van der Waals surface area contributed by atoms with Gasteiger partial charge in [-0.1, -0.05) is 12.1 Å². The summed E-state index contributed by atoms with van der Waals surface area (Å²) >= 11 is 1.93. The molecule has 0 aliphatic carbocycles. The molecule has 0 bridgehead atoms. The Morgan fingerprint density at radius 3 is 2.69 bits per heavy atom. The van der Waals surface area contributed by atoms with E-state index >= 15 is 0 Å². The van der Waals surface area contributed by atoms with Crippen LogP contribution in [0, 0.1) is 6.92 Å². The third-order valence-electron chi connectivity index (χ3n) is 4.69. The van der Waals surface area contributed by atoms with Crippen molar-refractivity contribution in [1.82, 2.24) is 10.6 Å². The summed E-state index contributed by atoms with van der Waals surface area (Å²) in [4.78, 5) is 4.78. The number of thioether (sulfide) groups is 1. The zero-order valence-electron chi connectivity index (χ0n) is 16.6. The first-order chi connectivity index (χ1) is 12.6. The predicted octanol–water partition coefficient (Wildman–Crippen LogP) is 3.36. The Morgan fingerprint density at radius 2 is 2.04 bits per heavy atom. The van der Waals surface area contributed by atoms with Gasteiger partial charge in [0.1, 0.15) is 5.75 Å². The van der Waals surface area contributed by atoms with Crippen molar-refractivity contribution in [3.8, 4) is 5.75 Å². The largest absolute Gasteiger partial charge is 0.494 e. The number of hydrogen-bond donors (Lipinski definition) is 2. The third-order valence-corrected chi connectivity index (χ3v) is 6.11. The summed E-state index contributed by atoms with van der Waals surface area (Å²) in [5.41, 5.74) is 2.31. The summed E-state index contributed by atoms with van der Waals surface area (Å²) in [5.74, 6) is 1.78. The monoisotopic (exact) mass is 379 g/mol. The van der Waals surface area contributed by atoms with Crippen LogP contribution in [0.3, 0.4) is 0 Å². The Morgan fingerprint density at radius 1 is 1.27 bits per heavy atom. The van der Waals surface area contributed by atoms with Crippen molar-refractivity contribution in [1.29, 1.82) is 0 Å². The van der Waals surface area contributed by atoms with Gasteiger partial charge in [-0.25, -0.2) is 4.99 Å². The van der Waals surface area contributed by atoms with Gasteiger partial charge in [-0.15, -0.1) is 0 Å². The molecule has 0 atom stereocenters. The van der Waals surface area contributed by atoms with E-state index in [1.807, 2.05) is 18.7 Å². The highest BCUT2D eigenvalue weighted by atomic mass is 32.2. The highest BCUT2D eigenvalue weighted by Crippen LogP contribution is 2.33. The second-order valence-corrected chi connectivity index (χ2v) is 7.87. The minimum Gasteiger partial charge on any atom is -0.494 e. The minimum atomic E-state index is 0.231. The molecular formula is C20H33N3O2S.